The van der Waals surface area contributed by atoms with E-state index in [4.69, 9.17) is 0 Å². The number of carbonyl (C=O) groups excluding carboxylic acids is 1. The van der Waals surface area contributed by atoms with Gasteiger partial charge in [0.2, 0.25) is 10.0 Å². The van der Waals surface area contributed by atoms with Gasteiger partial charge in [0.05, 0.1) is 31.1 Å². The first kappa shape index (κ1) is 21.3. The molecule has 1 aliphatic carbocycles. The van der Waals surface area contributed by atoms with Crippen molar-refractivity contribution in [2.75, 3.05) is 26.2 Å². The summed E-state index contributed by atoms with van der Waals surface area (Å²) in [5.41, 5.74) is 0. The van der Waals surface area contributed by atoms with Crippen molar-refractivity contribution in [1.29, 1.82) is 0 Å². The maximum atomic E-state index is 12.8. The van der Waals surface area contributed by atoms with Gasteiger partial charge in [-0.25, -0.2) is 8.42 Å². The fourth-order valence-corrected chi connectivity index (χ4v) is 5.93. The second-order valence-corrected chi connectivity index (χ2v) is 10.4. The minimum atomic E-state index is -3.45. The Bertz CT molecular complexity index is 760. The Morgan fingerprint density at radius 1 is 1.14 bits per heavy atom. The Kier molecular flexibility index (Phi) is 6.78. The van der Waals surface area contributed by atoms with Gasteiger partial charge < -0.3 is 10.2 Å². The monoisotopic (exact) mass is 408 g/mol. The summed E-state index contributed by atoms with van der Waals surface area (Å²) in [6.45, 7) is 8.66. The second-order valence-electron chi connectivity index (χ2n) is 8.48. The fourth-order valence-electron chi connectivity index (χ4n) is 4.47. The van der Waals surface area contributed by atoms with Crippen LogP contribution >= 0.6 is 0 Å². The summed E-state index contributed by atoms with van der Waals surface area (Å²) in [5, 5.41) is 3.27. The van der Waals surface area contributed by atoms with Crippen molar-refractivity contribution in [2.45, 2.75) is 57.0 Å². The molecular formula is C21H34N3O3S+. The SMILES string of the molecule is C[C@@H]1[C@H](C)CCC[C@@H]1NC(=O)[C@@H](C)[NH+]1CCN(S(=O)(=O)c2ccccc2)CC1. The van der Waals surface area contributed by atoms with Gasteiger partial charge in [0.15, 0.2) is 6.04 Å². The number of nitrogens with one attached hydrogen (secondary N) is 2. The highest BCUT2D eigenvalue weighted by Gasteiger charge is 2.36. The molecule has 4 atom stereocenters. The summed E-state index contributed by atoms with van der Waals surface area (Å²) >= 11 is 0. The molecule has 1 aromatic rings. The Hall–Kier alpha value is -1.44. The van der Waals surface area contributed by atoms with E-state index in [1.54, 1.807) is 28.6 Å². The Labute approximate surface area is 169 Å². The number of benzene rings is 1. The Morgan fingerprint density at radius 3 is 2.43 bits per heavy atom. The van der Waals surface area contributed by atoms with E-state index >= 15 is 0 Å². The lowest BCUT2D eigenvalue weighted by Gasteiger charge is -2.37. The molecule has 0 bridgehead atoms. The molecule has 1 saturated carbocycles. The van der Waals surface area contributed by atoms with Crippen LogP contribution in [-0.2, 0) is 14.8 Å². The average Bonchev–Trinajstić information content (AvgIpc) is 2.71. The first-order valence-electron chi connectivity index (χ1n) is 10.5. The van der Waals surface area contributed by atoms with E-state index in [2.05, 4.69) is 19.2 Å². The Morgan fingerprint density at radius 2 is 1.79 bits per heavy atom. The van der Waals surface area contributed by atoms with Crippen LogP contribution in [0.5, 0.6) is 0 Å². The molecule has 0 aromatic heterocycles. The molecule has 6 nitrogen and oxygen atoms in total. The minimum Gasteiger partial charge on any atom is -0.348 e. The van der Waals surface area contributed by atoms with Crippen molar-refractivity contribution in [2.24, 2.45) is 11.8 Å². The highest BCUT2D eigenvalue weighted by Crippen LogP contribution is 2.29. The number of hydrogen-bond acceptors (Lipinski definition) is 3. The van der Waals surface area contributed by atoms with Crippen molar-refractivity contribution in [3.05, 3.63) is 30.3 Å². The number of quaternary nitrogens is 1. The number of rotatable bonds is 5. The molecule has 0 spiro atoms. The number of nitrogens with zero attached hydrogens (tertiary/aromatic N) is 1. The molecule has 2 aliphatic rings. The molecule has 1 aromatic carbocycles. The third-order valence-electron chi connectivity index (χ3n) is 6.79. The van der Waals surface area contributed by atoms with Crippen molar-refractivity contribution < 1.29 is 18.1 Å². The van der Waals surface area contributed by atoms with E-state index in [1.807, 2.05) is 13.0 Å². The second kappa shape index (κ2) is 8.93. The molecule has 3 rings (SSSR count). The number of piperazine rings is 1. The molecule has 7 heteroatoms. The number of hydrogen-bond donors (Lipinski definition) is 2. The molecular weight excluding hydrogens is 374 g/mol. The van der Waals surface area contributed by atoms with Crippen LogP contribution in [0.3, 0.4) is 0 Å². The predicted molar refractivity (Wildman–Crippen MR) is 109 cm³/mol. The van der Waals surface area contributed by atoms with Gasteiger partial charge in [-0.1, -0.05) is 44.9 Å². The van der Waals surface area contributed by atoms with Gasteiger partial charge in [-0.2, -0.15) is 4.31 Å². The predicted octanol–water partition coefficient (Wildman–Crippen LogP) is 0.905. The minimum absolute atomic E-state index is 0.0975. The molecule has 1 amide bonds. The van der Waals surface area contributed by atoms with Crippen LogP contribution in [0.4, 0.5) is 0 Å². The molecule has 2 fully saturated rings. The van der Waals surface area contributed by atoms with Crippen molar-refractivity contribution in [3.63, 3.8) is 0 Å². The van der Waals surface area contributed by atoms with Gasteiger partial charge in [0, 0.05) is 6.04 Å². The maximum Gasteiger partial charge on any atom is 0.278 e. The number of carbonyl (C=O) groups is 1. The van der Waals surface area contributed by atoms with Crippen LogP contribution in [-0.4, -0.2) is 56.9 Å². The quantitative estimate of drug-likeness (QED) is 0.761. The summed E-state index contributed by atoms with van der Waals surface area (Å²) in [4.78, 5) is 14.3. The van der Waals surface area contributed by atoms with E-state index in [-0.39, 0.29) is 18.0 Å². The molecule has 0 radical (unpaired) electrons. The summed E-state index contributed by atoms with van der Waals surface area (Å²) in [6, 6.07) is 8.68. The maximum absolute atomic E-state index is 12.8. The zero-order chi connectivity index (χ0) is 20.3. The third kappa shape index (κ3) is 4.58. The first-order valence-corrected chi connectivity index (χ1v) is 11.9. The van der Waals surface area contributed by atoms with E-state index in [0.29, 0.717) is 42.9 Å². The normalized spacial score (nSPS) is 28.6. The average molecular weight is 409 g/mol. The first-order chi connectivity index (χ1) is 13.3. The molecule has 1 heterocycles. The fraction of sp³-hybridized carbons (Fsp3) is 0.667. The van der Waals surface area contributed by atoms with Gasteiger partial charge in [-0.3, -0.25) is 4.79 Å². The van der Waals surface area contributed by atoms with Crippen LogP contribution < -0.4 is 10.2 Å². The summed E-state index contributed by atoms with van der Waals surface area (Å²) in [5.74, 6) is 1.25. The molecule has 1 aliphatic heterocycles. The van der Waals surface area contributed by atoms with Gasteiger partial charge in [-0.05, 0) is 37.3 Å². The highest BCUT2D eigenvalue weighted by molar-refractivity contribution is 7.89. The van der Waals surface area contributed by atoms with E-state index < -0.39 is 10.0 Å². The van der Waals surface area contributed by atoms with Crippen molar-refractivity contribution >= 4 is 15.9 Å². The van der Waals surface area contributed by atoms with E-state index in [1.165, 1.54) is 12.8 Å². The lowest BCUT2D eigenvalue weighted by atomic mass is 9.78. The van der Waals surface area contributed by atoms with Crippen LogP contribution in [0.15, 0.2) is 35.2 Å². The molecule has 28 heavy (non-hydrogen) atoms. The zero-order valence-corrected chi connectivity index (χ0v) is 18.0. The zero-order valence-electron chi connectivity index (χ0n) is 17.2. The molecule has 1 saturated heterocycles. The topological polar surface area (TPSA) is 70.9 Å². The molecule has 0 unspecified atom stereocenters. The lowest BCUT2D eigenvalue weighted by molar-refractivity contribution is -0.917. The highest BCUT2D eigenvalue weighted by atomic mass is 32.2. The van der Waals surface area contributed by atoms with E-state index in [9.17, 15) is 13.2 Å². The third-order valence-corrected chi connectivity index (χ3v) is 8.70. The van der Waals surface area contributed by atoms with Gasteiger partial charge in [0.25, 0.3) is 5.91 Å². The molecule has 156 valence electrons. The van der Waals surface area contributed by atoms with Gasteiger partial charge in [-0.15, -0.1) is 0 Å². The Balaban J connectivity index is 1.55. The van der Waals surface area contributed by atoms with Gasteiger partial charge in [0.1, 0.15) is 0 Å². The van der Waals surface area contributed by atoms with Crippen molar-refractivity contribution in [1.82, 2.24) is 9.62 Å². The largest absolute Gasteiger partial charge is 0.348 e. The van der Waals surface area contributed by atoms with Crippen LogP contribution in [0, 0.1) is 11.8 Å². The standard InChI is InChI=1S/C21H33N3O3S/c1-16-8-7-11-20(17(16)2)22-21(25)18(3)23-12-14-24(15-13-23)28(26,27)19-9-5-4-6-10-19/h4-6,9-10,16-18,20H,7-8,11-15H2,1-3H3,(H,22,25)/p+1/t16-,17-,18-,20+/m1/s1. The molecule has 2 N–H and O–H groups in total. The summed E-state index contributed by atoms with van der Waals surface area (Å²) in [7, 11) is -3.45. The number of amides is 1. The van der Waals surface area contributed by atoms with Crippen molar-refractivity contribution in [3.8, 4) is 0 Å². The van der Waals surface area contributed by atoms with Crippen LogP contribution in [0.2, 0.25) is 0 Å². The lowest BCUT2D eigenvalue weighted by Crippen LogP contribution is -3.19. The summed E-state index contributed by atoms with van der Waals surface area (Å²) in [6.07, 6.45) is 3.47. The smallest absolute Gasteiger partial charge is 0.278 e. The number of sulfonamides is 1. The summed E-state index contributed by atoms with van der Waals surface area (Å²) < 4.78 is 27.1. The van der Waals surface area contributed by atoms with E-state index in [0.717, 1.165) is 11.3 Å². The van der Waals surface area contributed by atoms with Crippen LogP contribution in [0.1, 0.15) is 40.0 Å². The van der Waals surface area contributed by atoms with Crippen LogP contribution in [0.25, 0.3) is 0 Å². The van der Waals surface area contributed by atoms with Gasteiger partial charge >= 0.3 is 0 Å².